The molecule has 0 saturated carbocycles. The van der Waals surface area contributed by atoms with Crippen LogP contribution in [0.15, 0.2) is 34.3 Å². The molecule has 80 valence electrons. The van der Waals surface area contributed by atoms with Gasteiger partial charge in [-0.1, -0.05) is 13.0 Å². The molecular formula is C12H15NS2. The molecule has 0 saturated heterocycles. The third-order valence-corrected chi connectivity index (χ3v) is 4.22. The zero-order chi connectivity index (χ0) is 10.5. The van der Waals surface area contributed by atoms with Crippen LogP contribution >= 0.6 is 22.7 Å². The third kappa shape index (κ3) is 3.16. The summed E-state index contributed by atoms with van der Waals surface area (Å²) < 4.78 is 0. The van der Waals surface area contributed by atoms with Crippen molar-refractivity contribution in [3.63, 3.8) is 0 Å². The molecule has 0 radical (unpaired) electrons. The van der Waals surface area contributed by atoms with Crippen molar-refractivity contribution in [2.24, 2.45) is 0 Å². The van der Waals surface area contributed by atoms with Gasteiger partial charge in [0.25, 0.3) is 0 Å². The topological polar surface area (TPSA) is 12.0 Å². The summed E-state index contributed by atoms with van der Waals surface area (Å²) in [6.07, 6.45) is 0. The van der Waals surface area contributed by atoms with Crippen LogP contribution in [0.25, 0.3) is 0 Å². The first-order valence-corrected chi connectivity index (χ1v) is 6.93. The van der Waals surface area contributed by atoms with Crippen LogP contribution in [0.1, 0.15) is 23.3 Å². The van der Waals surface area contributed by atoms with Crippen LogP contribution in [0, 0.1) is 0 Å². The number of rotatable bonds is 5. The van der Waals surface area contributed by atoms with Gasteiger partial charge >= 0.3 is 0 Å². The predicted molar refractivity (Wildman–Crippen MR) is 68.8 cm³/mol. The highest BCUT2D eigenvalue weighted by Crippen LogP contribution is 2.19. The second-order valence-corrected chi connectivity index (χ2v) is 5.44. The Morgan fingerprint density at radius 1 is 1.33 bits per heavy atom. The van der Waals surface area contributed by atoms with Gasteiger partial charge in [0.1, 0.15) is 0 Å². The lowest BCUT2D eigenvalue weighted by Gasteiger charge is -2.10. The van der Waals surface area contributed by atoms with Gasteiger partial charge in [-0.3, -0.25) is 0 Å². The third-order valence-electron chi connectivity index (χ3n) is 2.39. The van der Waals surface area contributed by atoms with E-state index in [9.17, 15) is 0 Å². The molecule has 1 N–H and O–H groups in total. The maximum Gasteiger partial charge on any atom is 0.0214 e. The summed E-state index contributed by atoms with van der Waals surface area (Å²) in [4.78, 5) is 1.47. The minimum atomic E-state index is 0.614. The van der Waals surface area contributed by atoms with Crippen molar-refractivity contribution in [2.75, 3.05) is 6.54 Å². The largest absolute Gasteiger partial charge is 0.312 e. The molecule has 0 aliphatic rings. The molecule has 3 heteroatoms. The average Bonchev–Trinajstić information content (AvgIpc) is 2.90. The second-order valence-electron chi connectivity index (χ2n) is 3.68. The zero-order valence-electron chi connectivity index (χ0n) is 8.77. The smallest absolute Gasteiger partial charge is 0.0214 e. The monoisotopic (exact) mass is 237 g/mol. The Morgan fingerprint density at radius 2 is 2.27 bits per heavy atom. The Kier molecular flexibility index (Phi) is 3.94. The van der Waals surface area contributed by atoms with Crippen LogP contribution in [-0.4, -0.2) is 6.54 Å². The second kappa shape index (κ2) is 5.45. The van der Waals surface area contributed by atoms with Gasteiger partial charge in [0.2, 0.25) is 0 Å². The van der Waals surface area contributed by atoms with E-state index in [0.29, 0.717) is 5.92 Å². The van der Waals surface area contributed by atoms with E-state index in [1.165, 1.54) is 10.4 Å². The summed E-state index contributed by atoms with van der Waals surface area (Å²) in [6.45, 7) is 4.31. The standard InChI is InChI=1S/C12H15NS2/c1-10(12-3-2-5-15-12)7-13-8-11-4-6-14-9-11/h2-6,9-10,13H,7-8H2,1H3. The summed E-state index contributed by atoms with van der Waals surface area (Å²) in [7, 11) is 0. The fraction of sp³-hybridized carbons (Fsp3) is 0.333. The van der Waals surface area contributed by atoms with E-state index in [2.05, 4.69) is 46.6 Å². The fourth-order valence-corrected chi connectivity index (χ4v) is 2.95. The van der Waals surface area contributed by atoms with Crippen LogP contribution < -0.4 is 5.32 Å². The van der Waals surface area contributed by atoms with Gasteiger partial charge in [0.05, 0.1) is 0 Å². The van der Waals surface area contributed by atoms with Gasteiger partial charge in [0.15, 0.2) is 0 Å². The Balaban J connectivity index is 1.74. The van der Waals surface area contributed by atoms with E-state index < -0.39 is 0 Å². The SMILES string of the molecule is CC(CNCc1ccsc1)c1cccs1. The summed E-state index contributed by atoms with van der Waals surface area (Å²) in [5.41, 5.74) is 1.39. The Hall–Kier alpha value is -0.640. The summed E-state index contributed by atoms with van der Waals surface area (Å²) >= 11 is 3.60. The van der Waals surface area contributed by atoms with Gasteiger partial charge in [-0.05, 0) is 33.8 Å². The van der Waals surface area contributed by atoms with Crippen molar-refractivity contribution in [3.05, 3.63) is 44.8 Å². The highest BCUT2D eigenvalue weighted by molar-refractivity contribution is 7.10. The molecule has 0 amide bonds. The van der Waals surface area contributed by atoms with Crippen LogP contribution in [0.3, 0.4) is 0 Å². The van der Waals surface area contributed by atoms with Crippen LogP contribution in [-0.2, 0) is 6.54 Å². The minimum absolute atomic E-state index is 0.614. The molecule has 2 rings (SSSR count). The van der Waals surface area contributed by atoms with E-state index >= 15 is 0 Å². The number of hydrogen-bond donors (Lipinski definition) is 1. The Bertz CT molecular complexity index is 364. The van der Waals surface area contributed by atoms with Gasteiger partial charge < -0.3 is 5.32 Å². The molecule has 0 spiro atoms. The highest BCUT2D eigenvalue weighted by Gasteiger charge is 2.05. The quantitative estimate of drug-likeness (QED) is 0.836. The van der Waals surface area contributed by atoms with Crippen molar-refractivity contribution in [1.82, 2.24) is 5.32 Å². The molecule has 15 heavy (non-hydrogen) atoms. The maximum absolute atomic E-state index is 3.49. The first-order chi connectivity index (χ1) is 7.36. The molecule has 2 heterocycles. The lowest BCUT2D eigenvalue weighted by molar-refractivity contribution is 0.622. The molecule has 2 aromatic rings. The van der Waals surface area contributed by atoms with Crippen molar-refractivity contribution in [3.8, 4) is 0 Å². The van der Waals surface area contributed by atoms with Crippen LogP contribution in [0.5, 0.6) is 0 Å². The first kappa shape index (κ1) is 10.9. The maximum atomic E-state index is 3.49. The summed E-state index contributed by atoms with van der Waals surface area (Å²) in [6, 6.07) is 6.50. The van der Waals surface area contributed by atoms with Crippen molar-refractivity contribution < 1.29 is 0 Å². The fourth-order valence-electron chi connectivity index (χ4n) is 1.50. The molecule has 0 aliphatic carbocycles. The van der Waals surface area contributed by atoms with Gasteiger partial charge in [-0.15, -0.1) is 11.3 Å². The van der Waals surface area contributed by atoms with Crippen molar-refractivity contribution in [2.45, 2.75) is 19.4 Å². The van der Waals surface area contributed by atoms with Gasteiger partial charge in [-0.2, -0.15) is 11.3 Å². The van der Waals surface area contributed by atoms with Crippen molar-refractivity contribution in [1.29, 1.82) is 0 Å². The molecule has 0 bridgehead atoms. The molecule has 1 atom stereocenters. The Labute approximate surface area is 98.8 Å². The van der Waals surface area contributed by atoms with Crippen LogP contribution in [0.2, 0.25) is 0 Å². The minimum Gasteiger partial charge on any atom is -0.312 e. The van der Waals surface area contributed by atoms with Crippen LogP contribution in [0.4, 0.5) is 0 Å². The number of hydrogen-bond acceptors (Lipinski definition) is 3. The molecule has 1 nitrogen and oxygen atoms in total. The number of nitrogens with one attached hydrogen (secondary N) is 1. The van der Waals surface area contributed by atoms with E-state index in [-0.39, 0.29) is 0 Å². The molecular weight excluding hydrogens is 222 g/mol. The van der Waals surface area contributed by atoms with Gasteiger partial charge in [0, 0.05) is 23.9 Å². The van der Waals surface area contributed by atoms with E-state index in [0.717, 1.165) is 13.1 Å². The lowest BCUT2D eigenvalue weighted by atomic mass is 10.1. The normalized spacial score (nSPS) is 12.9. The average molecular weight is 237 g/mol. The molecule has 2 aromatic heterocycles. The van der Waals surface area contributed by atoms with E-state index in [1.807, 2.05) is 11.3 Å². The van der Waals surface area contributed by atoms with Gasteiger partial charge in [-0.25, -0.2) is 0 Å². The zero-order valence-corrected chi connectivity index (χ0v) is 10.4. The summed E-state index contributed by atoms with van der Waals surface area (Å²) in [5.74, 6) is 0.614. The summed E-state index contributed by atoms with van der Waals surface area (Å²) in [5, 5.41) is 9.95. The van der Waals surface area contributed by atoms with E-state index in [4.69, 9.17) is 0 Å². The highest BCUT2D eigenvalue weighted by atomic mass is 32.1. The molecule has 1 unspecified atom stereocenters. The first-order valence-electron chi connectivity index (χ1n) is 5.11. The van der Waals surface area contributed by atoms with E-state index in [1.54, 1.807) is 11.3 Å². The Morgan fingerprint density at radius 3 is 2.93 bits per heavy atom. The molecule has 0 fully saturated rings. The number of thiophene rings is 2. The molecule has 0 aliphatic heterocycles. The molecule has 0 aromatic carbocycles. The van der Waals surface area contributed by atoms with Crippen molar-refractivity contribution >= 4 is 22.7 Å². The lowest BCUT2D eigenvalue weighted by Crippen LogP contribution is -2.18. The predicted octanol–water partition coefficient (Wildman–Crippen LogP) is 3.70.